The van der Waals surface area contributed by atoms with Gasteiger partial charge in [-0.3, -0.25) is 9.69 Å². The van der Waals surface area contributed by atoms with Gasteiger partial charge >= 0.3 is 0 Å². The maximum atomic E-state index is 11.9. The van der Waals surface area contributed by atoms with Gasteiger partial charge in [0.1, 0.15) is 0 Å². The Bertz CT molecular complexity index is 235. The molecule has 0 saturated carbocycles. The van der Waals surface area contributed by atoms with Crippen LogP contribution in [0.4, 0.5) is 0 Å². The molecule has 106 valence electrons. The summed E-state index contributed by atoms with van der Waals surface area (Å²) >= 11 is 0. The first-order chi connectivity index (χ1) is 8.63. The number of rotatable bonds is 7. The van der Waals surface area contributed by atoms with Crippen molar-refractivity contribution in [3.05, 3.63) is 0 Å². The first-order valence-electron chi connectivity index (χ1n) is 7.33. The largest absolute Gasteiger partial charge is 0.340 e. The minimum atomic E-state index is 0.312. The molecule has 0 spiro atoms. The number of hydrogen-bond acceptors (Lipinski definition) is 3. The lowest BCUT2D eigenvalue weighted by Crippen LogP contribution is -2.48. The number of nitrogens with zero attached hydrogens (tertiary/aromatic N) is 2. The number of hydrogen-bond donors (Lipinski definition) is 1. The van der Waals surface area contributed by atoms with Gasteiger partial charge in [0.15, 0.2) is 0 Å². The molecular weight excluding hydrogens is 226 g/mol. The molecule has 0 aromatic heterocycles. The summed E-state index contributed by atoms with van der Waals surface area (Å²) in [6.45, 7) is 10.3. The van der Waals surface area contributed by atoms with Crippen molar-refractivity contribution < 1.29 is 4.79 Å². The maximum Gasteiger partial charge on any atom is 0.222 e. The van der Waals surface area contributed by atoms with Gasteiger partial charge in [0.2, 0.25) is 5.91 Å². The third-order valence-corrected chi connectivity index (χ3v) is 3.59. The van der Waals surface area contributed by atoms with Gasteiger partial charge in [0.25, 0.3) is 0 Å². The number of unbranched alkanes of at least 4 members (excludes halogenated alkanes) is 1. The first kappa shape index (κ1) is 15.4. The molecular formula is C14H29N3O. The van der Waals surface area contributed by atoms with Crippen molar-refractivity contribution in [3.8, 4) is 0 Å². The molecule has 1 aliphatic heterocycles. The van der Waals surface area contributed by atoms with Gasteiger partial charge in [0.05, 0.1) is 0 Å². The van der Waals surface area contributed by atoms with Crippen LogP contribution in [0.2, 0.25) is 0 Å². The first-order valence-corrected chi connectivity index (χ1v) is 7.33. The maximum absolute atomic E-state index is 11.9. The highest BCUT2D eigenvalue weighted by Gasteiger charge is 2.20. The highest BCUT2D eigenvalue weighted by molar-refractivity contribution is 5.76. The van der Waals surface area contributed by atoms with Crippen LogP contribution in [-0.4, -0.2) is 55.0 Å². The minimum absolute atomic E-state index is 0.312. The summed E-state index contributed by atoms with van der Waals surface area (Å²) in [4.78, 5) is 16.4. The van der Waals surface area contributed by atoms with E-state index in [2.05, 4.69) is 18.7 Å². The molecule has 0 aliphatic carbocycles. The smallest absolute Gasteiger partial charge is 0.222 e. The van der Waals surface area contributed by atoms with Crippen molar-refractivity contribution in [2.75, 3.05) is 39.3 Å². The summed E-state index contributed by atoms with van der Waals surface area (Å²) in [6, 6.07) is 0. The molecule has 1 heterocycles. The Morgan fingerprint density at radius 3 is 2.39 bits per heavy atom. The van der Waals surface area contributed by atoms with E-state index in [9.17, 15) is 4.79 Å². The molecule has 1 fully saturated rings. The average Bonchev–Trinajstić information content (AvgIpc) is 2.37. The van der Waals surface area contributed by atoms with Gasteiger partial charge < -0.3 is 10.6 Å². The average molecular weight is 255 g/mol. The molecule has 4 heteroatoms. The minimum Gasteiger partial charge on any atom is -0.340 e. The molecule has 0 atom stereocenters. The SMILES string of the molecule is CC(C)CCN1CCN(C(=O)CCCCN)CC1. The van der Waals surface area contributed by atoms with E-state index in [1.165, 1.54) is 13.0 Å². The highest BCUT2D eigenvalue weighted by atomic mass is 16.2. The van der Waals surface area contributed by atoms with Crippen molar-refractivity contribution in [1.82, 2.24) is 9.80 Å². The number of carbonyl (C=O) groups excluding carboxylic acids is 1. The zero-order valence-electron chi connectivity index (χ0n) is 12.0. The van der Waals surface area contributed by atoms with Crippen LogP contribution >= 0.6 is 0 Å². The second-order valence-corrected chi connectivity index (χ2v) is 5.65. The zero-order chi connectivity index (χ0) is 13.4. The lowest BCUT2D eigenvalue weighted by atomic mass is 10.1. The number of carbonyl (C=O) groups is 1. The quantitative estimate of drug-likeness (QED) is 0.698. The Hall–Kier alpha value is -0.610. The predicted octanol–water partition coefficient (Wildman–Crippen LogP) is 1.31. The van der Waals surface area contributed by atoms with Gasteiger partial charge in [0, 0.05) is 32.6 Å². The lowest BCUT2D eigenvalue weighted by molar-refractivity contribution is -0.133. The van der Waals surface area contributed by atoms with E-state index in [-0.39, 0.29) is 0 Å². The van der Waals surface area contributed by atoms with Crippen molar-refractivity contribution in [2.45, 2.75) is 39.5 Å². The van der Waals surface area contributed by atoms with E-state index in [1.807, 2.05) is 4.90 Å². The van der Waals surface area contributed by atoms with Crippen molar-refractivity contribution in [1.29, 1.82) is 0 Å². The topological polar surface area (TPSA) is 49.6 Å². The Morgan fingerprint density at radius 2 is 1.83 bits per heavy atom. The van der Waals surface area contributed by atoms with Crippen molar-refractivity contribution >= 4 is 5.91 Å². The fraction of sp³-hybridized carbons (Fsp3) is 0.929. The third kappa shape index (κ3) is 5.83. The highest BCUT2D eigenvalue weighted by Crippen LogP contribution is 2.08. The van der Waals surface area contributed by atoms with Crippen LogP contribution in [0, 0.1) is 5.92 Å². The molecule has 0 aromatic carbocycles. The van der Waals surface area contributed by atoms with Crippen LogP contribution in [0.25, 0.3) is 0 Å². The fourth-order valence-corrected chi connectivity index (χ4v) is 2.24. The molecule has 0 aromatic rings. The zero-order valence-corrected chi connectivity index (χ0v) is 12.0. The molecule has 0 unspecified atom stereocenters. The molecule has 0 radical (unpaired) electrons. The van der Waals surface area contributed by atoms with Gasteiger partial charge in [-0.25, -0.2) is 0 Å². The number of piperazine rings is 1. The molecule has 0 bridgehead atoms. The molecule has 2 N–H and O–H groups in total. The summed E-state index contributed by atoms with van der Waals surface area (Å²) in [5.41, 5.74) is 5.44. The number of amides is 1. The second-order valence-electron chi connectivity index (χ2n) is 5.65. The predicted molar refractivity (Wildman–Crippen MR) is 75.4 cm³/mol. The lowest BCUT2D eigenvalue weighted by Gasteiger charge is -2.35. The molecule has 18 heavy (non-hydrogen) atoms. The third-order valence-electron chi connectivity index (χ3n) is 3.59. The Kier molecular flexibility index (Phi) is 7.28. The molecule has 1 aliphatic rings. The van der Waals surface area contributed by atoms with Gasteiger partial charge in [-0.15, -0.1) is 0 Å². The molecule has 1 saturated heterocycles. The van der Waals surface area contributed by atoms with Gasteiger partial charge in [-0.1, -0.05) is 13.8 Å². The normalized spacial score (nSPS) is 17.4. The summed E-state index contributed by atoms with van der Waals surface area (Å²) in [5.74, 6) is 1.08. The molecule has 1 rings (SSSR count). The summed E-state index contributed by atoms with van der Waals surface area (Å²) < 4.78 is 0. The second kappa shape index (κ2) is 8.48. The van der Waals surface area contributed by atoms with Crippen LogP contribution in [-0.2, 0) is 4.79 Å². The van der Waals surface area contributed by atoms with E-state index in [0.717, 1.165) is 44.9 Å². The molecule has 4 nitrogen and oxygen atoms in total. The van der Waals surface area contributed by atoms with Crippen molar-refractivity contribution in [3.63, 3.8) is 0 Å². The van der Waals surface area contributed by atoms with E-state index in [4.69, 9.17) is 5.73 Å². The number of nitrogens with two attached hydrogens (primary N) is 1. The van der Waals surface area contributed by atoms with Crippen LogP contribution in [0.1, 0.15) is 39.5 Å². The fourth-order valence-electron chi connectivity index (χ4n) is 2.24. The van der Waals surface area contributed by atoms with Crippen LogP contribution in [0.3, 0.4) is 0 Å². The van der Waals surface area contributed by atoms with E-state index >= 15 is 0 Å². The van der Waals surface area contributed by atoms with Crippen LogP contribution < -0.4 is 5.73 Å². The summed E-state index contributed by atoms with van der Waals surface area (Å²) in [7, 11) is 0. The van der Waals surface area contributed by atoms with E-state index < -0.39 is 0 Å². The standard InChI is InChI=1S/C14H29N3O/c1-13(2)6-8-16-9-11-17(12-10-16)14(18)5-3-4-7-15/h13H,3-12,15H2,1-2H3. The van der Waals surface area contributed by atoms with Gasteiger partial charge in [-0.05, 0) is 38.3 Å². The molecule has 1 amide bonds. The summed E-state index contributed by atoms with van der Waals surface area (Å²) in [6.07, 6.45) is 3.82. The van der Waals surface area contributed by atoms with Gasteiger partial charge in [-0.2, -0.15) is 0 Å². The Morgan fingerprint density at radius 1 is 1.17 bits per heavy atom. The van der Waals surface area contributed by atoms with Crippen LogP contribution in [0.5, 0.6) is 0 Å². The summed E-state index contributed by atoms with van der Waals surface area (Å²) in [5, 5.41) is 0. The van der Waals surface area contributed by atoms with Crippen molar-refractivity contribution in [2.24, 2.45) is 11.7 Å². The van der Waals surface area contributed by atoms with Crippen LogP contribution in [0.15, 0.2) is 0 Å². The van der Waals surface area contributed by atoms with E-state index in [1.54, 1.807) is 0 Å². The Balaban J connectivity index is 2.16. The Labute approximate surface area is 111 Å². The van der Waals surface area contributed by atoms with E-state index in [0.29, 0.717) is 18.9 Å². The monoisotopic (exact) mass is 255 g/mol.